The van der Waals surface area contributed by atoms with E-state index in [-0.39, 0.29) is 0 Å². The van der Waals surface area contributed by atoms with E-state index in [1.54, 1.807) is 31.9 Å². The maximum absolute atomic E-state index is 12.4. The first-order valence-electron chi connectivity index (χ1n) is 9.46. The average molecular weight is 405 g/mol. The summed E-state index contributed by atoms with van der Waals surface area (Å²) >= 11 is 0. The molecule has 0 bridgehead atoms. The normalized spacial score (nSPS) is 15.4. The molecule has 3 N–H and O–H groups in total. The molecule has 0 saturated heterocycles. The lowest BCUT2D eigenvalue weighted by molar-refractivity contribution is -0.115. The largest absolute Gasteiger partial charge is 0.493 e. The molecule has 154 valence electrons. The van der Waals surface area contributed by atoms with Gasteiger partial charge in [-0.3, -0.25) is 4.79 Å². The number of amides is 1. The molecular formula is C22H23N5O3. The maximum Gasteiger partial charge on any atom is 0.248 e. The molecule has 0 fully saturated rings. The lowest BCUT2D eigenvalue weighted by Crippen LogP contribution is -2.31. The summed E-state index contributed by atoms with van der Waals surface area (Å²) in [4.78, 5) is 17.0. The smallest absolute Gasteiger partial charge is 0.248 e. The molecule has 2 aromatic carbocycles. The molecule has 1 atom stereocenters. The highest BCUT2D eigenvalue weighted by molar-refractivity contribution is 5.95. The number of nitrogens with one attached hydrogen (secondary N) is 1. The standard InChI is InChI=1S/C22H23N5O3/c1-12-6-5-7-15(10-12)21-25-22-24-13(2)18(20(23)28)19(27(22)26-21)14-8-9-16(29-3)17(11-14)30-4/h5-11,19H,1-4H3,(H2,23,28)(H,24,25,26). The van der Waals surface area contributed by atoms with Crippen molar-refractivity contribution in [2.45, 2.75) is 19.9 Å². The molecule has 0 radical (unpaired) electrons. The predicted octanol–water partition coefficient (Wildman–Crippen LogP) is 3.04. The molecule has 1 aromatic heterocycles. The molecule has 1 unspecified atom stereocenters. The zero-order valence-electron chi connectivity index (χ0n) is 17.3. The van der Waals surface area contributed by atoms with Crippen LogP contribution in [0.1, 0.15) is 24.1 Å². The number of rotatable bonds is 5. The van der Waals surface area contributed by atoms with Crippen LogP contribution in [0.4, 0.5) is 5.95 Å². The number of methoxy groups -OCH3 is 2. The predicted molar refractivity (Wildman–Crippen MR) is 113 cm³/mol. The molecule has 3 aromatic rings. The van der Waals surface area contributed by atoms with Gasteiger partial charge in [-0.25, -0.2) is 4.68 Å². The van der Waals surface area contributed by atoms with Crippen molar-refractivity contribution in [1.29, 1.82) is 0 Å². The Kier molecular flexibility index (Phi) is 4.91. The summed E-state index contributed by atoms with van der Waals surface area (Å²) in [5.41, 5.74) is 9.58. The molecule has 2 heterocycles. The Hall–Kier alpha value is -3.81. The molecule has 4 rings (SSSR count). The number of nitrogens with two attached hydrogens (primary N) is 1. The highest BCUT2D eigenvalue weighted by Gasteiger charge is 2.34. The summed E-state index contributed by atoms with van der Waals surface area (Å²) in [6.45, 7) is 3.82. The minimum absolute atomic E-state index is 0.412. The third-order valence-electron chi connectivity index (χ3n) is 5.12. The van der Waals surface area contributed by atoms with Gasteiger partial charge >= 0.3 is 0 Å². The van der Waals surface area contributed by atoms with Crippen molar-refractivity contribution in [1.82, 2.24) is 14.8 Å². The molecule has 30 heavy (non-hydrogen) atoms. The zero-order valence-corrected chi connectivity index (χ0v) is 17.3. The second-order valence-corrected chi connectivity index (χ2v) is 7.12. The van der Waals surface area contributed by atoms with Crippen LogP contribution in [0.15, 0.2) is 53.7 Å². The SMILES string of the molecule is COc1ccc(C2C(C(N)=O)=C(C)Nc3nc(-c4cccc(C)c4)nn32)cc1OC. The van der Waals surface area contributed by atoms with Gasteiger partial charge in [-0.1, -0.05) is 29.8 Å². The van der Waals surface area contributed by atoms with Crippen molar-refractivity contribution in [3.05, 3.63) is 64.9 Å². The number of fused-ring (bicyclic) bond motifs is 1. The van der Waals surface area contributed by atoms with Gasteiger partial charge in [0.05, 0.1) is 19.8 Å². The minimum atomic E-state index is -0.551. The Morgan fingerprint density at radius 1 is 1.10 bits per heavy atom. The average Bonchev–Trinajstić information content (AvgIpc) is 3.15. The number of aromatic nitrogens is 3. The highest BCUT2D eigenvalue weighted by Crippen LogP contribution is 2.39. The zero-order chi connectivity index (χ0) is 21.4. The number of carbonyl (C=O) groups is 1. The Balaban J connectivity index is 1.89. The molecule has 1 aliphatic rings. The van der Waals surface area contributed by atoms with Crippen LogP contribution in [0, 0.1) is 6.92 Å². The first-order valence-corrected chi connectivity index (χ1v) is 9.46. The fourth-order valence-corrected chi connectivity index (χ4v) is 3.71. The van der Waals surface area contributed by atoms with Gasteiger partial charge in [-0.05, 0) is 37.6 Å². The van der Waals surface area contributed by atoms with Gasteiger partial charge in [0, 0.05) is 11.3 Å². The first-order chi connectivity index (χ1) is 14.4. The fraction of sp³-hybridized carbons (Fsp3) is 0.227. The summed E-state index contributed by atoms with van der Waals surface area (Å²) in [6.07, 6.45) is 0. The first kappa shape index (κ1) is 19.5. The molecule has 1 aliphatic heterocycles. The van der Waals surface area contributed by atoms with Gasteiger partial charge in [0.2, 0.25) is 11.9 Å². The van der Waals surface area contributed by atoms with Crippen molar-refractivity contribution in [2.24, 2.45) is 5.73 Å². The van der Waals surface area contributed by atoms with Gasteiger partial charge in [-0.15, -0.1) is 5.10 Å². The second-order valence-electron chi connectivity index (χ2n) is 7.12. The van der Waals surface area contributed by atoms with E-state index in [0.29, 0.717) is 34.5 Å². The summed E-state index contributed by atoms with van der Waals surface area (Å²) < 4.78 is 12.5. The van der Waals surface area contributed by atoms with Gasteiger partial charge in [0.1, 0.15) is 6.04 Å². The number of carbonyl (C=O) groups excluding carboxylic acids is 1. The highest BCUT2D eigenvalue weighted by atomic mass is 16.5. The molecule has 8 nitrogen and oxygen atoms in total. The van der Waals surface area contributed by atoms with E-state index in [1.165, 1.54) is 0 Å². The van der Waals surface area contributed by atoms with Crippen molar-refractivity contribution >= 4 is 11.9 Å². The van der Waals surface area contributed by atoms with Crippen molar-refractivity contribution in [2.75, 3.05) is 19.5 Å². The number of aryl methyl sites for hydroxylation is 1. The lowest BCUT2D eigenvalue weighted by atomic mass is 9.95. The molecular weight excluding hydrogens is 382 g/mol. The number of nitrogens with zero attached hydrogens (tertiary/aromatic N) is 3. The molecule has 0 saturated carbocycles. The number of hydrogen-bond acceptors (Lipinski definition) is 6. The molecule has 1 amide bonds. The van der Waals surface area contributed by atoms with E-state index in [2.05, 4.69) is 10.3 Å². The molecule has 0 spiro atoms. The number of allylic oxidation sites excluding steroid dienone is 1. The number of ether oxygens (including phenoxy) is 2. The van der Waals surface area contributed by atoms with Gasteiger partial charge < -0.3 is 20.5 Å². The van der Waals surface area contributed by atoms with E-state index in [9.17, 15) is 4.79 Å². The Labute approximate surface area is 174 Å². The number of primary amides is 1. The Morgan fingerprint density at radius 3 is 2.53 bits per heavy atom. The molecule has 0 aliphatic carbocycles. The fourth-order valence-electron chi connectivity index (χ4n) is 3.71. The van der Waals surface area contributed by atoms with Crippen LogP contribution in [0.25, 0.3) is 11.4 Å². The second kappa shape index (κ2) is 7.55. The lowest BCUT2D eigenvalue weighted by Gasteiger charge is -2.28. The van der Waals surface area contributed by atoms with Crippen molar-refractivity contribution in [3.63, 3.8) is 0 Å². The summed E-state index contributed by atoms with van der Waals surface area (Å²) in [6, 6.07) is 12.9. The van der Waals surface area contributed by atoms with Crippen molar-refractivity contribution in [3.8, 4) is 22.9 Å². The number of hydrogen-bond donors (Lipinski definition) is 2. The van der Waals surface area contributed by atoms with Crippen LogP contribution in [-0.4, -0.2) is 34.9 Å². The van der Waals surface area contributed by atoms with Gasteiger partial charge in [0.15, 0.2) is 17.3 Å². The number of anilines is 1. The third kappa shape index (κ3) is 3.26. The van der Waals surface area contributed by atoms with Crippen LogP contribution in [-0.2, 0) is 4.79 Å². The summed E-state index contributed by atoms with van der Waals surface area (Å²) in [7, 11) is 3.14. The topological polar surface area (TPSA) is 104 Å². The van der Waals surface area contributed by atoms with Crippen LogP contribution >= 0.6 is 0 Å². The Bertz CT molecular complexity index is 1170. The Morgan fingerprint density at radius 2 is 1.87 bits per heavy atom. The molecule has 8 heteroatoms. The van der Waals surface area contributed by atoms with Crippen LogP contribution < -0.4 is 20.5 Å². The monoisotopic (exact) mass is 405 g/mol. The van der Waals surface area contributed by atoms with Crippen LogP contribution in [0.5, 0.6) is 11.5 Å². The van der Waals surface area contributed by atoms with E-state index in [1.807, 2.05) is 43.3 Å². The van der Waals surface area contributed by atoms with Crippen LogP contribution in [0.2, 0.25) is 0 Å². The maximum atomic E-state index is 12.4. The van der Waals surface area contributed by atoms with Crippen LogP contribution in [0.3, 0.4) is 0 Å². The van der Waals surface area contributed by atoms with E-state index in [4.69, 9.17) is 20.3 Å². The number of benzene rings is 2. The minimum Gasteiger partial charge on any atom is -0.493 e. The van der Waals surface area contributed by atoms with Gasteiger partial charge in [-0.2, -0.15) is 4.98 Å². The van der Waals surface area contributed by atoms with E-state index >= 15 is 0 Å². The van der Waals surface area contributed by atoms with E-state index < -0.39 is 11.9 Å². The third-order valence-corrected chi connectivity index (χ3v) is 5.12. The summed E-state index contributed by atoms with van der Waals surface area (Å²) in [5, 5.41) is 7.87. The summed E-state index contributed by atoms with van der Waals surface area (Å²) in [5.74, 6) is 1.71. The quantitative estimate of drug-likeness (QED) is 0.676. The van der Waals surface area contributed by atoms with Gasteiger partial charge in [0.25, 0.3) is 0 Å². The van der Waals surface area contributed by atoms with E-state index in [0.717, 1.165) is 16.7 Å². The van der Waals surface area contributed by atoms with Crippen molar-refractivity contribution < 1.29 is 14.3 Å².